The maximum Gasteiger partial charge on any atom is 0.0638 e. The van der Waals surface area contributed by atoms with E-state index in [-0.39, 0.29) is 69.4 Å². The van der Waals surface area contributed by atoms with Crippen molar-refractivity contribution >= 4 is 47.4 Å². The highest BCUT2D eigenvalue weighted by Gasteiger charge is 2.09. The van der Waals surface area contributed by atoms with Crippen LogP contribution in [0.25, 0.3) is 31.3 Å². The number of benzene rings is 3. The smallest absolute Gasteiger partial charge is 0.0638 e. The molecule has 0 aliphatic carbocycles. The first-order chi connectivity index (χ1) is 13.6. The van der Waals surface area contributed by atoms with Gasteiger partial charge in [0.25, 0.3) is 0 Å². The van der Waals surface area contributed by atoms with Crippen LogP contribution in [0.15, 0.2) is 71.0 Å². The lowest BCUT2D eigenvalue weighted by Gasteiger charge is -2.03. The Kier molecular flexibility index (Phi) is 1.42. The van der Waals surface area contributed by atoms with Gasteiger partial charge in [0.05, 0.1) is 12.3 Å². The highest BCUT2D eigenvalue weighted by atomic mass is 79.9. The summed E-state index contributed by atoms with van der Waals surface area (Å²) in [6.07, 6.45) is 0. The van der Waals surface area contributed by atoms with Gasteiger partial charge in [0.1, 0.15) is 0 Å². The van der Waals surface area contributed by atoms with E-state index in [0.29, 0.717) is 14.7 Å². The number of halogens is 1. The minimum absolute atomic E-state index is 0.0342. The predicted octanol–water partition coefficient (Wildman–Crippen LogP) is 6.48. The zero-order valence-corrected chi connectivity index (χ0v) is 12.3. The van der Waals surface area contributed by atoms with Crippen LogP contribution in [0.3, 0.4) is 0 Å². The van der Waals surface area contributed by atoms with Crippen LogP contribution in [0.2, 0.25) is 0 Å². The molecule has 0 N–H and O–H groups in total. The van der Waals surface area contributed by atoms with Gasteiger partial charge in [-0.05, 0) is 29.3 Å². The van der Waals surface area contributed by atoms with Gasteiger partial charge in [-0.3, -0.25) is 0 Å². The summed E-state index contributed by atoms with van der Waals surface area (Å²) in [4.78, 5) is 0. The standard InChI is InChI=1S/C18H11BrS/c19-13-10-8-12(9-11-13)14-5-3-6-16-15-4-1-2-7-17(15)20-18(14)16/h1-11H/i1D,2D,3D,4D,5D,6D,7D,10D,11D. The van der Waals surface area contributed by atoms with Crippen molar-refractivity contribution in [3.63, 3.8) is 0 Å². The van der Waals surface area contributed by atoms with E-state index in [1.165, 1.54) is 12.1 Å². The second kappa shape index (κ2) is 4.72. The van der Waals surface area contributed by atoms with Crippen molar-refractivity contribution in [3.8, 4) is 11.1 Å². The summed E-state index contributed by atoms with van der Waals surface area (Å²) in [5, 5.41) is 0.346. The quantitative estimate of drug-likeness (QED) is 0.369. The summed E-state index contributed by atoms with van der Waals surface area (Å²) >= 11 is 4.20. The topological polar surface area (TPSA) is 0 Å². The highest BCUT2D eigenvalue weighted by Crippen LogP contribution is 2.39. The van der Waals surface area contributed by atoms with Crippen LogP contribution in [0.1, 0.15) is 12.3 Å². The van der Waals surface area contributed by atoms with Crippen molar-refractivity contribution in [3.05, 3.63) is 71.0 Å². The lowest BCUT2D eigenvalue weighted by atomic mass is 10.0. The lowest BCUT2D eigenvalue weighted by molar-refractivity contribution is 1.63. The Morgan fingerprint density at radius 1 is 0.850 bits per heavy atom. The SMILES string of the molecule is [2H]c1cc(-c2c([2H])c([2H])c([2H])c3c2sc2c([2H])c([2H])c([2H])c([2H])c23)cc([2H])c1Br. The fraction of sp³-hybridized carbons (Fsp3) is 0. The second-order valence-corrected chi connectivity index (χ2v) is 5.92. The van der Waals surface area contributed by atoms with Crippen LogP contribution in [0, 0.1) is 0 Å². The molecule has 1 aromatic heterocycles. The molecule has 96 valence electrons. The summed E-state index contributed by atoms with van der Waals surface area (Å²) < 4.78 is 74.4. The summed E-state index contributed by atoms with van der Waals surface area (Å²) in [7, 11) is 0. The summed E-state index contributed by atoms with van der Waals surface area (Å²) in [6.45, 7) is 0. The first-order valence-corrected chi connectivity index (χ1v) is 7.36. The minimum atomic E-state index is -0.421. The van der Waals surface area contributed by atoms with Crippen LogP contribution < -0.4 is 0 Å². The molecule has 0 atom stereocenters. The normalized spacial score (nSPS) is 17.6. The molecule has 0 saturated heterocycles. The van der Waals surface area contributed by atoms with E-state index in [2.05, 4.69) is 15.9 Å². The van der Waals surface area contributed by atoms with Gasteiger partial charge in [-0.25, -0.2) is 0 Å². The van der Waals surface area contributed by atoms with E-state index < -0.39 is 6.04 Å². The van der Waals surface area contributed by atoms with Crippen molar-refractivity contribution in [1.29, 1.82) is 0 Å². The van der Waals surface area contributed by atoms with E-state index in [1.807, 2.05) is 0 Å². The summed E-state index contributed by atoms with van der Waals surface area (Å²) in [6, 6.07) is 0.754. The molecule has 3 aromatic carbocycles. The molecule has 4 rings (SSSR count). The molecule has 2 heteroatoms. The molecular formula is C18H11BrS. The fourth-order valence-corrected chi connectivity index (χ4v) is 3.36. The third-order valence-corrected chi connectivity index (χ3v) is 4.51. The predicted molar refractivity (Wildman–Crippen MR) is 92.5 cm³/mol. The Balaban J connectivity index is 2.29. The van der Waals surface area contributed by atoms with Crippen LogP contribution in [0.5, 0.6) is 0 Å². The van der Waals surface area contributed by atoms with Crippen LogP contribution >= 0.6 is 27.3 Å². The van der Waals surface area contributed by atoms with Gasteiger partial charge in [0.15, 0.2) is 0 Å². The molecule has 0 spiro atoms. The average molecular weight is 348 g/mol. The van der Waals surface area contributed by atoms with Gasteiger partial charge in [-0.15, -0.1) is 11.3 Å². The second-order valence-electron chi connectivity index (χ2n) is 4.11. The van der Waals surface area contributed by atoms with Crippen molar-refractivity contribution in [2.75, 3.05) is 0 Å². The van der Waals surface area contributed by atoms with E-state index in [4.69, 9.17) is 12.3 Å². The largest absolute Gasteiger partial charge is 0.135 e. The average Bonchev–Trinajstić information content (AvgIpc) is 3.07. The van der Waals surface area contributed by atoms with E-state index >= 15 is 0 Å². The molecule has 0 nitrogen and oxygen atoms in total. The van der Waals surface area contributed by atoms with Crippen molar-refractivity contribution in [1.82, 2.24) is 0 Å². The van der Waals surface area contributed by atoms with Gasteiger partial charge in [-0.1, -0.05) is 64.3 Å². The third-order valence-electron chi connectivity index (χ3n) is 2.93. The summed E-state index contributed by atoms with van der Waals surface area (Å²) in [5.41, 5.74) is 0.599. The van der Waals surface area contributed by atoms with E-state index in [9.17, 15) is 0 Å². The van der Waals surface area contributed by atoms with Crippen LogP contribution in [-0.4, -0.2) is 0 Å². The zero-order chi connectivity index (χ0) is 21.4. The Morgan fingerprint density at radius 3 is 2.45 bits per heavy atom. The number of hydrogen-bond acceptors (Lipinski definition) is 1. The maximum atomic E-state index is 8.41. The third kappa shape index (κ3) is 1.88. The Labute approximate surface area is 142 Å². The molecule has 0 saturated carbocycles. The molecule has 0 fully saturated rings. The van der Waals surface area contributed by atoms with Gasteiger partial charge in [0.2, 0.25) is 0 Å². The first-order valence-electron chi connectivity index (χ1n) is 10.3. The molecular weight excluding hydrogens is 328 g/mol. The van der Waals surface area contributed by atoms with Crippen molar-refractivity contribution in [2.45, 2.75) is 0 Å². The number of rotatable bonds is 1. The molecule has 0 aliphatic rings. The number of hydrogen-bond donors (Lipinski definition) is 0. The monoisotopic (exact) mass is 347 g/mol. The van der Waals surface area contributed by atoms with E-state index in [1.54, 1.807) is 0 Å². The maximum absolute atomic E-state index is 8.41. The highest BCUT2D eigenvalue weighted by molar-refractivity contribution is 9.10. The molecule has 1 heterocycles. The number of fused-ring (bicyclic) bond motifs is 3. The molecule has 20 heavy (non-hydrogen) atoms. The van der Waals surface area contributed by atoms with Crippen molar-refractivity contribution < 1.29 is 12.3 Å². The Hall–Kier alpha value is -1.64. The molecule has 0 bridgehead atoms. The van der Waals surface area contributed by atoms with Crippen LogP contribution in [0.4, 0.5) is 0 Å². The molecule has 0 aliphatic heterocycles. The molecule has 0 radical (unpaired) electrons. The van der Waals surface area contributed by atoms with E-state index in [0.717, 1.165) is 11.3 Å². The van der Waals surface area contributed by atoms with Gasteiger partial charge in [0, 0.05) is 24.6 Å². The lowest BCUT2D eigenvalue weighted by Crippen LogP contribution is -1.77. The first kappa shape index (κ1) is 6.00. The van der Waals surface area contributed by atoms with Crippen molar-refractivity contribution in [2.24, 2.45) is 0 Å². The number of thiophene rings is 1. The van der Waals surface area contributed by atoms with Gasteiger partial charge < -0.3 is 0 Å². The minimum Gasteiger partial charge on any atom is -0.135 e. The van der Waals surface area contributed by atoms with Crippen LogP contribution in [-0.2, 0) is 0 Å². The fourth-order valence-electron chi connectivity index (χ4n) is 2.04. The zero-order valence-electron chi connectivity index (χ0n) is 18.9. The Bertz CT molecular complexity index is 1340. The molecule has 0 amide bonds. The summed E-state index contributed by atoms with van der Waals surface area (Å²) in [5.74, 6) is 0. The molecule has 4 aromatic rings. The Morgan fingerprint density at radius 2 is 1.60 bits per heavy atom. The van der Waals surface area contributed by atoms with Gasteiger partial charge in [-0.2, -0.15) is 0 Å². The molecule has 0 unspecified atom stereocenters. The van der Waals surface area contributed by atoms with Gasteiger partial charge >= 0.3 is 0 Å².